The molecule has 7 nitrogen and oxygen atoms in total. The minimum Gasteiger partial charge on any atom is -0.497 e. The van der Waals surface area contributed by atoms with Gasteiger partial charge in [-0.3, -0.25) is 4.90 Å². The van der Waals surface area contributed by atoms with Gasteiger partial charge in [0.25, 0.3) is 0 Å². The van der Waals surface area contributed by atoms with Gasteiger partial charge in [0.1, 0.15) is 36.3 Å². The Labute approximate surface area is 144 Å². The smallest absolute Gasteiger partial charge is 0.140 e. The predicted molar refractivity (Wildman–Crippen MR) is 90.0 cm³/mol. The summed E-state index contributed by atoms with van der Waals surface area (Å²) in [6, 6.07) is 5.62. The molecule has 1 aliphatic rings. The van der Waals surface area contributed by atoms with Gasteiger partial charge in [0, 0.05) is 31.5 Å². The zero-order valence-electron chi connectivity index (χ0n) is 13.9. The fraction of sp³-hybridized carbons (Fsp3) is 0.412. The van der Waals surface area contributed by atoms with Crippen molar-refractivity contribution in [2.45, 2.75) is 25.4 Å². The molecule has 8 heteroatoms. The first-order valence-corrected chi connectivity index (χ1v) is 8.20. The summed E-state index contributed by atoms with van der Waals surface area (Å²) in [6.45, 7) is 1.73. The van der Waals surface area contributed by atoms with Crippen LogP contribution in [0.3, 0.4) is 0 Å². The summed E-state index contributed by atoms with van der Waals surface area (Å²) in [4.78, 5) is 16.9. The molecule has 2 aromatic heterocycles. The molecule has 0 aliphatic carbocycles. The van der Waals surface area contributed by atoms with E-state index in [-0.39, 0.29) is 6.61 Å². The topological polar surface area (TPSA) is 79.1 Å². The lowest BCUT2D eigenvalue weighted by atomic mass is 10.3. The standard InChI is InChI=1S/C17H20FN5O2/c1-24-11-2-3-13-14(6-11)22-17(21-13)10-25-15-8-23(7-12(15)18)9-16-19-4-5-20-16/h2-6,12,15H,7-10H2,1H3,(H,19,20)(H,21,22). The van der Waals surface area contributed by atoms with Gasteiger partial charge in [-0.15, -0.1) is 0 Å². The van der Waals surface area contributed by atoms with Crippen LogP contribution in [0.25, 0.3) is 11.0 Å². The maximum Gasteiger partial charge on any atom is 0.140 e. The molecule has 0 bridgehead atoms. The van der Waals surface area contributed by atoms with Crippen molar-refractivity contribution in [2.75, 3.05) is 20.2 Å². The lowest BCUT2D eigenvalue weighted by molar-refractivity contribution is 0.00859. The third-order valence-electron chi connectivity index (χ3n) is 4.37. The number of nitrogens with zero attached hydrogens (tertiary/aromatic N) is 3. The predicted octanol–water partition coefficient (Wildman–Crippen LogP) is 2.03. The summed E-state index contributed by atoms with van der Waals surface area (Å²) in [6.07, 6.45) is 1.99. The highest BCUT2D eigenvalue weighted by molar-refractivity contribution is 5.76. The van der Waals surface area contributed by atoms with Gasteiger partial charge < -0.3 is 19.4 Å². The van der Waals surface area contributed by atoms with Crippen LogP contribution in [-0.4, -0.2) is 57.3 Å². The van der Waals surface area contributed by atoms with Crippen molar-refractivity contribution in [3.8, 4) is 5.75 Å². The number of benzene rings is 1. The second-order valence-electron chi connectivity index (χ2n) is 6.16. The number of rotatable bonds is 6. The molecule has 2 atom stereocenters. The Kier molecular flexibility index (Phi) is 4.37. The quantitative estimate of drug-likeness (QED) is 0.715. The van der Waals surface area contributed by atoms with E-state index in [2.05, 4.69) is 19.9 Å². The number of aromatic amines is 2. The summed E-state index contributed by atoms with van der Waals surface area (Å²) in [5.74, 6) is 2.27. The number of alkyl halides is 1. The molecule has 0 amide bonds. The molecule has 3 heterocycles. The molecule has 0 radical (unpaired) electrons. The molecular weight excluding hydrogens is 325 g/mol. The zero-order chi connectivity index (χ0) is 17.2. The lowest BCUT2D eigenvalue weighted by Crippen LogP contribution is -2.24. The van der Waals surface area contributed by atoms with Crippen LogP contribution < -0.4 is 4.74 Å². The minimum atomic E-state index is -1.01. The van der Waals surface area contributed by atoms with Crippen molar-refractivity contribution in [3.05, 3.63) is 42.2 Å². The Balaban J connectivity index is 1.36. The van der Waals surface area contributed by atoms with Gasteiger partial charge in [0.15, 0.2) is 0 Å². The van der Waals surface area contributed by atoms with Crippen LogP contribution in [0.4, 0.5) is 4.39 Å². The maximum atomic E-state index is 14.2. The van der Waals surface area contributed by atoms with E-state index in [4.69, 9.17) is 9.47 Å². The Morgan fingerprint density at radius 1 is 1.32 bits per heavy atom. The minimum absolute atomic E-state index is 0.247. The Hall–Kier alpha value is -2.45. The average Bonchev–Trinajstić information content (AvgIpc) is 3.32. The molecule has 3 aromatic rings. The van der Waals surface area contributed by atoms with Crippen molar-refractivity contribution in [2.24, 2.45) is 0 Å². The van der Waals surface area contributed by atoms with Crippen LogP contribution in [0, 0.1) is 0 Å². The maximum absolute atomic E-state index is 14.2. The van der Waals surface area contributed by atoms with E-state index in [0.29, 0.717) is 25.5 Å². The number of H-pyrrole nitrogens is 2. The van der Waals surface area contributed by atoms with Gasteiger partial charge in [-0.1, -0.05) is 0 Å². The number of nitrogens with one attached hydrogen (secondary N) is 2. The molecule has 1 fully saturated rings. The van der Waals surface area contributed by atoms with Crippen LogP contribution in [0.15, 0.2) is 30.6 Å². The van der Waals surface area contributed by atoms with E-state index in [9.17, 15) is 4.39 Å². The number of likely N-dealkylation sites (tertiary alicyclic amines) is 1. The van der Waals surface area contributed by atoms with Crippen LogP contribution in [-0.2, 0) is 17.9 Å². The number of ether oxygens (including phenoxy) is 2. The number of fused-ring (bicyclic) bond motifs is 1. The van der Waals surface area contributed by atoms with Gasteiger partial charge in [0.05, 0.1) is 24.7 Å². The summed E-state index contributed by atoms with van der Waals surface area (Å²) >= 11 is 0. The van der Waals surface area contributed by atoms with Crippen LogP contribution in [0.2, 0.25) is 0 Å². The molecule has 0 spiro atoms. The summed E-state index contributed by atoms with van der Waals surface area (Å²) in [5, 5.41) is 0. The highest BCUT2D eigenvalue weighted by Gasteiger charge is 2.34. The molecule has 2 unspecified atom stereocenters. The fourth-order valence-electron chi connectivity index (χ4n) is 3.11. The normalized spacial score (nSPS) is 21.2. The molecule has 132 valence electrons. The van der Waals surface area contributed by atoms with E-state index in [0.717, 1.165) is 22.6 Å². The SMILES string of the molecule is COc1ccc2nc(COC3CN(Cc4ncc[nH]4)CC3F)[nH]c2c1. The number of hydrogen-bond acceptors (Lipinski definition) is 5. The zero-order valence-corrected chi connectivity index (χ0v) is 13.9. The van der Waals surface area contributed by atoms with E-state index < -0.39 is 12.3 Å². The van der Waals surface area contributed by atoms with E-state index in [1.807, 2.05) is 23.1 Å². The first-order valence-electron chi connectivity index (χ1n) is 8.20. The molecule has 1 aromatic carbocycles. The average molecular weight is 345 g/mol. The highest BCUT2D eigenvalue weighted by Crippen LogP contribution is 2.21. The van der Waals surface area contributed by atoms with Gasteiger partial charge in [-0.25, -0.2) is 14.4 Å². The van der Waals surface area contributed by atoms with Crippen molar-refractivity contribution in [1.29, 1.82) is 0 Å². The number of imidazole rings is 2. The molecule has 2 N–H and O–H groups in total. The Morgan fingerprint density at radius 2 is 2.24 bits per heavy atom. The van der Waals surface area contributed by atoms with E-state index in [1.165, 1.54) is 0 Å². The first kappa shape index (κ1) is 16.0. The van der Waals surface area contributed by atoms with Gasteiger partial charge in [0.2, 0.25) is 0 Å². The van der Waals surface area contributed by atoms with Crippen molar-refractivity contribution in [3.63, 3.8) is 0 Å². The highest BCUT2D eigenvalue weighted by atomic mass is 19.1. The van der Waals surface area contributed by atoms with Crippen LogP contribution in [0.5, 0.6) is 5.75 Å². The first-order chi connectivity index (χ1) is 12.2. The molecule has 1 aliphatic heterocycles. The molecule has 4 rings (SSSR count). The third-order valence-corrected chi connectivity index (χ3v) is 4.37. The second-order valence-corrected chi connectivity index (χ2v) is 6.16. The molecule has 0 saturated carbocycles. The largest absolute Gasteiger partial charge is 0.497 e. The Bertz CT molecular complexity index is 835. The van der Waals surface area contributed by atoms with Gasteiger partial charge in [-0.05, 0) is 12.1 Å². The molecule has 25 heavy (non-hydrogen) atoms. The number of aromatic nitrogens is 4. The van der Waals surface area contributed by atoms with Gasteiger partial charge >= 0.3 is 0 Å². The van der Waals surface area contributed by atoms with Crippen LogP contribution in [0.1, 0.15) is 11.6 Å². The van der Waals surface area contributed by atoms with Crippen LogP contribution >= 0.6 is 0 Å². The number of halogens is 1. The van der Waals surface area contributed by atoms with E-state index >= 15 is 0 Å². The second kappa shape index (κ2) is 6.81. The van der Waals surface area contributed by atoms with Crippen molar-refractivity contribution in [1.82, 2.24) is 24.8 Å². The van der Waals surface area contributed by atoms with Crippen molar-refractivity contribution < 1.29 is 13.9 Å². The number of methoxy groups -OCH3 is 1. The third kappa shape index (κ3) is 3.49. The summed E-state index contributed by atoms with van der Waals surface area (Å²) in [7, 11) is 1.62. The lowest BCUT2D eigenvalue weighted by Gasteiger charge is -2.14. The number of hydrogen-bond donors (Lipinski definition) is 2. The summed E-state index contributed by atoms with van der Waals surface area (Å²) < 4.78 is 25.2. The van der Waals surface area contributed by atoms with Gasteiger partial charge in [-0.2, -0.15) is 0 Å². The Morgan fingerprint density at radius 3 is 3.04 bits per heavy atom. The summed E-state index contributed by atoms with van der Waals surface area (Å²) in [5.41, 5.74) is 1.71. The van der Waals surface area contributed by atoms with Crippen molar-refractivity contribution >= 4 is 11.0 Å². The molecular formula is C17H20FN5O2. The fourth-order valence-corrected chi connectivity index (χ4v) is 3.11. The van der Waals surface area contributed by atoms with E-state index in [1.54, 1.807) is 19.5 Å². The molecule has 1 saturated heterocycles. The monoisotopic (exact) mass is 345 g/mol.